The number of rotatable bonds is 6. The molecule has 5 heteroatoms. The maximum atomic E-state index is 7.57. The van der Waals surface area contributed by atoms with E-state index in [9.17, 15) is 0 Å². The first-order valence-corrected chi connectivity index (χ1v) is 20.1. The van der Waals surface area contributed by atoms with Crippen LogP contribution in [0.4, 0.5) is 0 Å². The highest BCUT2D eigenvalue weighted by atomic mass is 32.1. The summed E-state index contributed by atoms with van der Waals surface area (Å²) in [6.07, 6.45) is 11.6. The summed E-state index contributed by atoms with van der Waals surface area (Å²) in [4.78, 5) is 2.68. The van der Waals surface area contributed by atoms with Gasteiger partial charge in [-0.05, 0) is 95.4 Å². The molecule has 45 heavy (non-hydrogen) atoms. The summed E-state index contributed by atoms with van der Waals surface area (Å²) < 4.78 is 2.36. The van der Waals surface area contributed by atoms with Crippen molar-refractivity contribution in [1.29, 1.82) is 0 Å². The molecule has 0 aromatic rings. The summed E-state index contributed by atoms with van der Waals surface area (Å²) in [5.74, 6) is 4.84. The molecule has 0 amide bonds. The maximum Gasteiger partial charge on any atom is 0.0429 e. The Morgan fingerprint density at radius 1 is 0.844 bits per heavy atom. The normalized spacial score (nSPS) is 31.2. The van der Waals surface area contributed by atoms with Crippen LogP contribution in [0.3, 0.4) is 0 Å². The second-order valence-electron chi connectivity index (χ2n) is 12.6. The Morgan fingerprint density at radius 2 is 1.31 bits per heavy atom. The lowest BCUT2D eigenvalue weighted by atomic mass is 9.59. The maximum absolute atomic E-state index is 7.57. The Hall–Kier alpha value is -0.390. The Bertz CT molecular complexity index is 670. The van der Waals surface area contributed by atoms with Gasteiger partial charge in [-0.25, -0.2) is 0 Å². The van der Waals surface area contributed by atoms with Crippen molar-refractivity contribution in [1.82, 2.24) is 14.5 Å². The van der Waals surface area contributed by atoms with Crippen LogP contribution in [0.2, 0.25) is 0 Å². The SMILES string of the molecule is CC.CC.CC.CC.CC.CCCC1C(C)C(C(C)(C)NC)C(C)C2/C(=C/N(S)C1CCC)N(C)C1CCC(C)CC21.CCO. The van der Waals surface area contributed by atoms with Crippen LogP contribution < -0.4 is 5.32 Å². The molecule has 1 saturated carbocycles. The summed E-state index contributed by atoms with van der Waals surface area (Å²) in [5, 5.41) is 11.3. The first-order valence-electron chi connectivity index (χ1n) is 19.7. The number of aliphatic hydroxyl groups excluding tert-OH is 1. The van der Waals surface area contributed by atoms with Gasteiger partial charge in [0.25, 0.3) is 0 Å². The summed E-state index contributed by atoms with van der Waals surface area (Å²) in [6.45, 7) is 39.2. The largest absolute Gasteiger partial charge is 0.397 e. The second-order valence-corrected chi connectivity index (χ2v) is 13.0. The van der Waals surface area contributed by atoms with E-state index in [0.29, 0.717) is 41.7 Å². The van der Waals surface area contributed by atoms with Crippen molar-refractivity contribution in [2.24, 2.45) is 41.4 Å². The quantitative estimate of drug-likeness (QED) is 0.248. The molecule has 3 aliphatic rings. The number of aliphatic hydroxyl groups is 1. The van der Waals surface area contributed by atoms with E-state index < -0.39 is 0 Å². The van der Waals surface area contributed by atoms with Crippen LogP contribution in [0.15, 0.2) is 11.9 Å². The van der Waals surface area contributed by atoms with E-state index in [-0.39, 0.29) is 12.1 Å². The van der Waals surface area contributed by atoms with Crippen LogP contribution in [-0.4, -0.2) is 52.6 Å². The molecule has 0 radical (unpaired) electrons. The number of nitrogens with one attached hydrogen (secondary N) is 1. The molecule has 0 spiro atoms. The Kier molecular flexibility index (Phi) is 34.0. The zero-order valence-electron chi connectivity index (χ0n) is 34.7. The first kappa shape index (κ1) is 51.4. The molecule has 2 aliphatic heterocycles. The Labute approximate surface area is 292 Å². The third kappa shape index (κ3) is 14.7. The minimum atomic E-state index is 0.107. The zero-order valence-corrected chi connectivity index (χ0v) is 35.6. The Balaban J connectivity index is -0.000000570. The van der Waals surface area contributed by atoms with Gasteiger partial charge in [0.05, 0.1) is 0 Å². The van der Waals surface area contributed by atoms with Gasteiger partial charge in [0.15, 0.2) is 0 Å². The van der Waals surface area contributed by atoms with Crippen LogP contribution in [0.5, 0.6) is 0 Å². The van der Waals surface area contributed by atoms with E-state index in [4.69, 9.17) is 17.9 Å². The van der Waals surface area contributed by atoms with Gasteiger partial charge in [-0.15, -0.1) is 0 Å². The van der Waals surface area contributed by atoms with Crippen molar-refractivity contribution in [3.8, 4) is 0 Å². The van der Waals surface area contributed by atoms with E-state index in [1.165, 1.54) is 44.9 Å². The molecule has 3 rings (SSSR count). The molecule has 4 nitrogen and oxygen atoms in total. The number of thiol groups is 1. The molecule has 2 N–H and O–H groups in total. The molecule has 2 heterocycles. The minimum absolute atomic E-state index is 0.107. The van der Waals surface area contributed by atoms with E-state index in [0.717, 1.165) is 11.8 Å². The zero-order chi connectivity index (χ0) is 36.5. The molecule has 9 unspecified atom stereocenters. The lowest BCUT2D eigenvalue weighted by Crippen LogP contribution is -2.53. The van der Waals surface area contributed by atoms with Crippen LogP contribution in [0.1, 0.15) is 170 Å². The fourth-order valence-corrected chi connectivity index (χ4v) is 8.82. The van der Waals surface area contributed by atoms with E-state index >= 15 is 0 Å². The number of likely N-dealkylation sites (tertiary alicyclic amines) is 1. The molecule has 9 atom stereocenters. The van der Waals surface area contributed by atoms with Crippen molar-refractivity contribution < 1.29 is 5.11 Å². The van der Waals surface area contributed by atoms with Gasteiger partial charge in [-0.1, -0.05) is 130 Å². The lowest BCUT2D eigenvalue weighted by molar-refractivity contribution is 0.0359. The second kappa shape index (κ2) is 29.7. The third-order valence-corrected chi connectivity index (χ3v) is 10.4. The number of nitrogens with zero attached hydrogens (tertiary/aromatic N) is 2. The summed E-state index contributed by atoms with van der Waals surface area (Å²) in [7, 11) is 4.56. The number of allylic oxidation sites excluding steroid dienone is 1. The Morgan fingerprint density at radius 3 is 1.73 bits per heavy atom. The molecule has 2 fully saturated rings. The van der Waals surface area contributed by atoms with Crippen molar-refractivity contribution >= 4 is 12.8 Å². The van der Waals surface area contributed by atoms with Crippen LogP contribution in [0, 0.1) is 41.4 Å². The first-order chi connectivity index (χ1) is 21.5. The van der Waals surface area contributed by atoms with Crippen molar-refractivity contribution in [3.63, 3.8) is 0 Å². The third-order valence-electron chi connectivity index (χ3n) is 9.99. The van der Waals surface area contributed by atoms with Crippen molar-refractivity contribution in [3.05, 3.63) is 11.9 Å². The highest BCUT2D eigenvalue weighted by molar-refractivity contribution is 7.77. The molecular weight excluding hydrogens is 571 g/mol. The number of hydrogen-bond acceptors (Lipinski definition) is 5. The fraction of sp³-hybridized carbons (Fsp3) is 0.950. The lowest BCUT2D eigenvalue weighted by Gasteiger charge is -2.49. The van der Waals surface area contributed by atoms with E-state index in [2.05, 4.69) is 83.3 Å². The standard InChI is InChI=1S/C28H53N3S.C2H6O.5C2H6/c1-10-12-21-19(4)27(28(6,7)29-8)20(5)26-22-16-18(3)14-15-23(22)30(9)25(26)17-31(32)24(21)13-11-2;1-2-3;5*1-2/h17-24,26-27,29,32H,10-16H2,1-9H3;3H,2H2,1H3;5*1-2H3/b25-17-;;;;;;. The molecular formula is C40H89N3OS. The number of fused-ring (bicyclic) bond motifs is 3. The van der Waals surface area contributed by atoms with Gasteiger partial charge in [0.2, 0.25) is 0 Å². The smallest absolute Gasteiger partial charge is 0.0429 e. The molecule has 0 aromatic carbocycles. The van der Waals surface area contributed by atoms with Gasteiger partial charge in [0.1, 0.15) is 0 Å². The summed E-state index contributed by atoms with van der Waals surface area (Å²) >= 11 is 5.19. The van der Waals surface area contributed by atoms with Crippen LogP contribution in [-0.2, 0) is 0 Å². The van der Waals surface area contributed by atoms with Crippen molar-refractivity contribution in [2.45, 2.75) is 187 Å². The average Bonchev–Trinajstić information content (AvgIpc) is 3.34. The van der Waals surface area contributed by atoms with Gasteiger partial charge in [-0.2, -0.15) is 0 Å². The summed E-state index contributed by atoms with van der Waals surface area (Å²) in [6, 6.07) is 1.21. The molecule has 1 saturated heterocycles. The monoisotopic (exact) mass is 660 g/mol. The number of hydrogen-bond donors (Lipinski definition) is 3. The molecule has 276 valence electrons. The van der Waals surface area contributed by atoms with Crippen LogP contribution >= 0.6 is 12.8 Å². The fourth-order valence-electron chi connectivity index (χ4n) is 8.42. The molecule has 0 aromatic heterocycles. The minimum Gasteiger partial charge on any atom is -0.397 e. The van der Waals surface area contributed by atoms with Crippen LogP contribution in [0.25, 0.3) is 0 Å². The van der Waals surface area contributed by atoms with Crippen molar-refractivity contribution in [2.75, 3.05) is 20.7 Å². The molecule has 0 bridgehead atoms. The van der Waals surface area contributed by atoms with Gasteiger partial charge < -0.3 is 19.6 Å². The highest BCUT2D eigenvalue weighted by Crippen LogP contribution is 2.55. The van der Waals surface area contributed by atoms with Gasteiger partial charge in [0, 0.05) is 49.1 Å². The van der Waals surface area contributed by atoms with Gasteiger partial charge in [-0.3, -0.25) is 0 Å². The molecule has 1 aliphatic carbocycles. The summed E-state index contributed by atoms with van der Waals surface area (Å²) in [5.41, 5.74) is 1.68. The average molecular weight is 660 g/mol. The predicted molar refractivity (Wildman–Crippen MR) is 212 cm³/mol. The van der Waals surface area contributed by atoms with Gasteiger partial charge >= 0.3 is 0 Å². The van der Waals surface area contributed by atoms with E-state index in [1.54, 1.807) is 12.6 Å². The predicted octanol–water partition coefficient (Wildman–Crippen LogP) is 12.0. The topological polar surface area (TPSA) is 38.7 Å². The highest BCUT2D eigenvalue weighted by Gasteiger charge is 2.53. The van der Waals surface area contributed by atoms with E-state index in [1.807, 2.05) is 69.2 Å².